The lowest BCUT2D eigenvalue weighted by molar-refractivity contribution is -0.00813. The molecule has 0 radical (unpaired) electrons. The van der Waals surface area contributed by atoms with Crippen molar-refractivity contribution < 1.29 is 27.4 Å². The molecule has 30 heavy (non-hydrogen) atoms. The molecule has 2 aromatic rings. The van der Waals surface area contributed by atoms with Crippen LogP contribution in [0.4, 0.5) is 11.4 Å². The molecule has 1 N–H and O–H groups in total. The van der Waals surface area contributed by atoms with E-state index < -0.39 is 10.0 Å². The summed E-state index contributed by atoms with van der Waals surface area (Å²) in [5.41, 5.74) is 2.43. The van der Waals surface area contributed by atoms with E-state index in [1.807, 2.05) is 12.1 Å². The molecule has 0 saturated heterocycles. The van der Waals surface area contributed by atoms with E-state index in [9.17, 15) is 13.2 Å². The first-order valence-electron chi connectivity index (χ1n) is 9.20. The third-order valence-electron chi connectivity index (χ3n) is 4.45. The van der Waals surface area contributed by atoms with Gasteiger partial charge < -0.3 is 19.1 Å². The maximum absolute atomic E-state index is 13.0. The van der Waals surface area contributed by atoms with Crippen molar-refractivity contribution in [1.29, 1.82) is 0 Å². The molecule has 3 rings (SSSR count). The van der Waals surface area contributed by atoms with Gasteiger partial charge in [-0.05, 0) is 48.4 Å². The van der Waals surface area contributed by atoms with E-state index >= 15 is 0 Å². The van der Waals surface area contributed by atoms with Gasteiger partial charge in [0.05, 0.1) is 25.2 Å². The van der Waals surface area contributed by atoms with Crippen molar-refractivity contribution in [2.45, 2.75) is 6.42 Å². The molecule has 0 unspecified atom stereocenters. The normalized spacial score (nSPS) is 13.8. The number of amides is 1. The standard InChI is InChI=1S/C20H23BrN2O6S/c1-27-9-10-28-13-29-19-6-4-16(12-18(19)22-30(2,25)26)23-8-7-14-11-15(21)3-5-17(14)20(23)24/h3-6,11-12,22H,7-10,13H2,1-2H3. The van der Waals surface area contributed by atoms with E-state index in [-0.39, 0.29) is 18.4 Å². The summed E-state index contributed by atoms with van der Waals surface area (Å²) in [4.78, 5) is 14.6. The number of sulfonamides is 1. The number of carbonyl (C=O) groups excluding carboxylic acids is 1. The van der Waals surface area contributed by atoms with Crippen molar-refractivity contribution in [2.24, 2.45) is 0 Å². The van der Waals surface area contributed by atoms with Gasteiger partial charge in [-0.2, -0.15) is 0 Å². The lowest BCUT2D eigenvalue weighted by Crippen LogP contribution is -2.37. The Kier molecular flexibility index (Phi) is 7.35. The maximum atomic E-state index is 13.0. The fourth-order valence-electron chi connectivity index (χ4n) is 3.10. The first-order chi connectivity index (χ1) is 14.3. The molecule has 0 atom stereocenters. The highest BCUT2D eigenvalue weighted by molar-refractivity contribution is 9.10. The van der Waals surface area contributed by atoms with Crippen LogP contribution < -0.4 is 14.4 Å². The van der Waals surface area contributed by atoms with Crippen LogP contribution in [-0.4, -0.2) is 54.2 Å². The Hall–Kier alpha value is -2.14. The zero-order valence-corrected chi connectivity index (χ0v) is 19.1. The van der Waals surface area contributed by atoms with Crippen LogP contribution in [0.15, 0.2) is 40.9 Å². The Morgan fingerprint density at radius 2 is 1.97 bits per heavy atom. The molecule has 1 heterocycles. The highest BCUT2D eigenvalue weighted by Crippen LogP contribution is 2.33. The number of hydrogen-bond acceptors (Lipinski definition) is 6. The largest absolute Gasteiger partial charge is 0.465 e. The highest BCUT2D eigenvalue weighted by Gasteiger charge is 2.26. The summed E-state index contributed by atoms with van der Waals surface area (Å²) in [5, 5.41) is 0. The van der Waals surface area contributed by atoms with Gasteiger partial charge in [0.25, 0.3) is 5.91 Å². The van der Waals surface area contributed by atoms with Crippen molar-refractivity contribution in [3.05, 3.63) is 52.0 Å². The van der Waals surface area contributed by atoms with Gasteiger partial charge in [0.1, 0.15) is 5.75 Å². The Morgan fingerprint density at radius 3 is 2.70 bits per heavy atom. The molecular weight excluding hydrogens is 476 g/mol. The van der Waals surface area contributed by atoms with Gasteiger partial charge in [-0.3, -0.25) is 9.52 Å². The molecule has 162 valence electrons. The first-order valence-corrected chi connectivity index (χ1v) is 11.9. The summed E-state index contributed by atoms with van der Waals surface area (Å²) in [5.74, 6) is 0.168. The van der Waals surface area contributed by atoms with Gasteiger partial charge in [0.15, 0.2) is 6.79 Å². The molecule has 1 aliphatic heterocycles. The summed E-state index contributed by atoms with van der Waals surface area (Å²) < 4.78 is 42.7. The molecular formula is C20H23BrN2O6S. The number of methoxy groups -OCH3 is 1. The van der Waals surface area contributed by atoms with Gasteiger partial charge in [-0.25, -0.2) is 8.42 Å². The SMILES string of the molecule is COCCOCOc1ccc(N2CCc3cc(Br)ccc3C2=O)cc1NS(C)(=O)=O. The van der Waals surface area contributed by atoms with Gasteiger partial charge in [0.2, 0.25) is 10.0 Å². The molecule has 0 spiro atoms. The van der Waals surface area contributed by atoms with Gasteiger partial charge in [0, 0.05) is 29.4 Å². The topological polar surface area (TPSA) is 94.2 Å². The summed E-state index contributed by atoms with van der Waals surface area (Å²) in [6.07, 6.45) is 1.75. The second-order valence-corrected chi connectivity index (χ2v) is 9.39. The van der Waals surface area contributed by atoms with Crippen LogP contribution in [0.25, 0.3) is 0 Å². The number of benzene rings is 2. The second kappa shape index (κ2) is 9.78. The summed E-state index contributed by atoms with van der Waals surface area (Å²) >= 11 is 3.43. The number of fused-ring (bicyclic) bond motifs is 1. The van der Waals surface area contributed by atoms with Crippen LogP contribution in [0.5, 0.6) is 5.75 Å². The van der Waals surface area contributed by atoms with E-state index in [2.05, 4.69) is 20.7 Å². The predicted molar refractivity (Wildman–Crippen MR) is 118 cm³/mol. The minimum Gasteiger partial charge on any atom is -0.465 e. The van der Waals surface area contributed by atoms with Crippen molar-refractivity contribution in [2.75, 3.05) is 49.5 Å². The number of nitrogens with one attached hydrogen (secondary N) is 1. The van der Waals surface area contributed by atoms with E-state index in [4.69, 9.17) is 14.2 Å². The van der Waals surface area contributed by atoms with E-state index in [1.165, 1.54) is 0 Å². The number of rotatable bonds is 9. The van der Waals surface area contributed by atoms with Gasteiger partial charge >= 0.3 is 0 Å². The van der Waals surface area contributed by atoms with Crippen LogP contribution in [0.2, 0.25) is 0 Å². The number of nitrogens with zero attached hydrogens (tertiary/aromatic N) is 1. The number of hydrogen-bond donors (Lipinski definition) is 1. The van der Waals surface area contributed by atoms with E-state index in [1.54, 1.807) is 36.3 Å². The third kappa shape index (κ3) is 5.72. The monoisotopic (exact) mass is 498 g/mol. The van der Waals surface area contributed by atoms with E-state index in [0.29, 0.717) is 43.2 Å². The lowest BCUT2D eigenvalue weighted by atomic mass is 9.98. The second-order valence-electron chi connectivity index (χ2n) is 6.73. The van der Waals surface area contributed by atoms with Crippen molar-refractivity contribution in [3.8, 4) is 5.75 Å². The van der Waals surface area contributed by atoms with Crippen LogP contribution in [0, 0.1) is 0 Å². The van der Waals surface area contributed by atoms with E-state index in [0.717, 1.165) is 16.3 Å². The van der Waals surface area contributed by atoms with Crippen molar-refractivity contribution in [3.63, 3.8) is 0 Å². The molecule has 10 heteroatoms. The van der Waals surface area contributed by atoms with Crippen molar-refractivity contribution >= 4 is 43.2 Å². The Bertz CT molecular complexity index is 1030. The molecule has 0 bridgehead atoms. The molecule has 0 saturated carbocycles. The fourth-order valence-corrected chi connectivity index (χ4v) is 4.07. The number of halogens is 1. The summed E-state index contributed by atoms with van der Waals surface area (Å²) in [6, 6.07) is 10.5. The molecule has 2 aromatic carbocycles. The highest BCUT2D eigenvalue weighted by atomic mass is 79.9. The Morgan fingerprint density at radius 1 is 1.17 bits per heavy atom. The maximum Gasteiger partial charge on any atom is 0.258 e. The molecule has 0 fully saturated rings. The lowest BCUT2D eigenvalue weighted by Gasteiger charge is -2.29. The van der Waals surface area contributed by atoms with Crippen LogP contribution >= 0.6 is 15.9 Å². The summed E-state index contributed by atoms with van der Waals surface area (Å²) in [6.45, 7) is 1.19. The third-order valence-corrected chi connectivity index (χ3v) is 5.53. The quantitative estimate of drug-likeness (QED) is 0.421. The first kappa shape index (κ1) is 22.5. The molecule has 1 amide bonds. The number of carbonyl (C=O) groups is 1. The Balaban J connectivity index is 1.84. The molecule has 8 nitrogen and oxygen atoms in total. The fraction of sp³-hybridized carbons (Fsp3) is 0.350. The Labute approximate surface area is 184 Å². The number of ether oxygens (including phenoxy) is 3. The average Bonchev–Trinajstić information content (AvgIpc) is 2.68. The summed E-state index contributed by atoms with van der Waals surface area (Å²) in [7, 11) is -1.99. The van der Waals surface area contributed by atoms with Crippen LogP contribution in [0.1, 0.15) is 15.9 Å². The average molecular weight is 499 g/mol. The predicted octanol–water partition coefficient (Wildman–Crippen LogP) is 3.02. The van der Waals surface area contributed by atoms with Crippen molar-refractivity contribution in [1.82, 2.24) is 0 Å². The number of anilines is 2. The molecule has 0 aliphatic carbocycles. The minimum absolute atomic E-state index is 0.0634. The molecule has 1 aliphatic rings. The minimum atomic E-state index is -3.55. The van der Waals surface area contributed by atoms with Crippen LogP contribution in [-0.2, 0) is 25.9 Å². The van der Waals surface area contributed by atoms with Gasteiger partial charge in [-0.1, -0.05) is 15.9 Å². The molecule has 0 aromatic heterocycles. The van der Waals surface area contributed by atoms with Crippen LogP contribution in [0.3, 0.4) is 0 Å². The zero-order chi connectivity index (χ0) is 21.7. The smallest absolute Gasteiger partial charge is 0.258 e. The zero-order valence-electron chi connectivity index (χ0n) is 16.7. The van der Waals surface area contributed by atoms with Gasteiger partial charge in [-0.15, -0.1) is 0 Å².